The molecular weight excluding hydrogens is 678 g/mol. The Labute approximate surface area is 317 Å². The van der Waals surface area contributed by atoms with Gasteiger partial charge in [-0.2, -0.15) is 0 Å². The van der Waals surface area contributed by atoms with Crippen LogP contribution in [0, 0.1) is 29.6 Å². The Hall–Kier alpha value is -2.44. The number of ether oxygens (including phenoxy) is 4. The number of aliphatic hydroxyl groups is 2. The van der Waals surface area contributed by atoms with Gasteiger partial charge in [0, 0.05) is 39.0 Å². The fourth-order valence-electron chi connectivity index (χ4n) is 9.12. The summed E-state index contributed by atoms with van der Waals surface area (Å²) >= 11 is 0. The highest BCUT2D eigenvalue weighted by Gasteiger charge is 2.56. The van der Waals surface area contributed by atoms with Crippen molar-refractivity contribution in [3.05, 3.63) is 23.3 Å². The molecule has 11 heteroatoms. The van der Waals surface area contributed by atoms with Gasteiger partial charge in [-0.25, -0.2) is 4.79 Å². The summed E-state index contributed by atoms with van der Waals surface area (Å²) in [6, 6.07) is -1.02. The van der Waals surface area contributed by atoms with Crippen LogP contribution in [0.2, 0.25) is 0 Å². The van der Waals surface area contributed by atoms with Crippen molar-refractivity contribution in [3.63, 3.8) is 0 Å². The van der Waals surface area contributed by atoms with Gasteiger partial charge in [0.15, 0.2) is 0 Å². The quantitative estimate of drug-likeness (QED) is 0.199. The minimum atomic E-state index is -2.45. The number of aliphatic hydroxyl groups excluding tert-OH is 1. The number of amides is 1. The maximum absolute atomic E-state index is 14.2. The van der Waals surface area contributed by atoms with Crippen LogP contribution in [0.4, 0.5) is 0 Å². The molecule has 0 aromatic rings. The number of cyclic esters (lactones) is 1. The second kappa shape index (κ2) is 19.4. The second-order valence-corrected chi connectivity index (χ2v) is 16.7. The topological polar surface area (TPSA) is 149 Å². The van der Waals surface area contributed by atoms with Gasteiger partial charge in [0.05, 0.1) is 18.3 Å². The van der Waals surface area contributed by atoms with E-state index in [1.54, 1.807) is 21.1 Å². The van der Waals surface area contributed by atoms with Crippen molar-refractivity contribution in [3.8, 4) is 0 Å². The van der Waals surface area contributed by atoms with Crippen LogP contribution < -0.4 is 0 Å². The van der Waals surface area contributed by atoms with Gasteiger partial charge < -0.3 is 34.1 Å². The van der Waals surface area contributed by atoms with Gasteiger partial charge >= 0.3 is 5.97 Å². The van der Waals surface area contributed by atoms with Crippen molar-refractivity contribution in [2.45, 2.75) is 167 Å². The van der Waals surface area contributed by atoms with Crippen molar-refractivity contribution < 1.29 is 48.3 Å². The summed E-state index contributed by atoms with van der Waals surface area (Å²) in [6.07, 6.45) is 9.05. The molecule has 1 amide bonds. The number of esters is 1. The van der Waals surface area contributed by atoms with Crippen molar-refractivity contribution in [1.82, 2.24) is 4.90 Å². The number of piperidine rings is 1. The summed E-state index contributed by atoms with van der Waals surface area (Å²) in [4.78, 5) is 57.4. The number of methoxy groups -OCH3 is 2. The first-order valence-corrected chi connectivity index (χ1v) is 20.2. The van der Waals surface area contributed by atoms with Gasteiger partial charge in [-0.3, -0.25) is 14.4 Å². The van der Waals surface area contributed by atoms with E-state index in [9.17, 15) is 29.4 Å². The van der Waals surface area contributed by atoms with Gasteiger partial charge in [-0.05, 0) is 114 Å². The molecule has 2 saturated heterocycles. The molecule has 3 fully saturated rings. The van der Waals surface area contributed by atoms with E-state index in [0.29, 0.717) is 64.2 Å². The molecule has 0 spiro atoms. The van der Waals surface area contributed by atoms with Crippen LogP contribution in [-0.4, -0.2) is 102 Å². The largest absolute Gasteiger partial charge is 0.456 e. The standard InChI is InChI=1S/C42H67NO10/c1-9-31-21-25(2)20-26(3)22-35(50-7)38-36(51-8)24-29(6)42(49,53-38)39(46)40(47)43-19-11-10-12-33(43)41(48)52-37(27(4)13-18-34(31)45)28(5)23-30-14-16-32(44)17-15-30/h21,23,26-27,29-33,35-38,44,49H,9-20,22,24H2,1-8H3/b25-21+,28-23+/t26-,27+,29+,30-,31+,32-,33-,35-,36-,37-,38+,42+/m0/s1. The number of hydrogen-bond acceptors (Lipinski definition) is 10. The van der Waals surface area contributed by atoms with Gasteiger partial charge in [0.1, 0.15) is 24.0 Å². The molecule has 3 aliphatic heterocycles. The summed E-state index contributed by atoms with van der Waals surface area (Å²) in [5.74, 6) is -5.87. The third-order valence-corrected chi connectivity index (χ3v) is 12.4. The van der Waals surface area contributed by atoms with Crippen molar-refractivity contribution in [1.29, 1.82) is 0 Å². The van der Waals surface area contributed by atoms with E-state index in [2.05, 4.69) is 19.1 Å². The number of fused-ring (bicyclic) bond motifs is 3. The predicted octanol–water partition coefficient (Wildman–Crippen LogP) is 5.88. The zero-order valence-corrected chi connectivity index (χ0v) is 33.5. The van der Waals surface area contributed by atoms with Crippen LogP contribution in [0.1, 0.15) is 125 Å². The molecule has 1 aliphatic carbocycles. The molecule has 0 aromatic heterocycles. The molecule has 0 unspecified atom stereocenters. The van der Waals surface area contributed by atoms with Gasteiger partial charge in [0.2, 0.25) is 5.79 Å². The fraction of sp³-hybridized carbons (Fsp3) is 0.810. The molecule has 2 N–H and O–H groups in total. The highest BCUT2D eigenvalue weighted by atomic mass is 16.7. The van der Waals surface area contributed by atoms with Crippen LogP contribution >= 0.6 is 0 Å². The minimum Gasteiger partial charge on any atom is -0.456 e. The average molecular weight is 746 g/mol. The Bertz CT molecular complexity index is 1340. The fourth-order valence-corrected chi connectivity index (χ4v) is 9.12. The molecule has 0 radical (unpaired) electrons. The molecule has 0 aromatic carbocycles. The number of carbonyl (C=O) groups excluding carboxylic acids is 4. The summed E-state index contributed by atoms with van der Waals surface area (Å²) in [5, 5.41) is 22.1. The first-order chi connectivity index (χ1) is 25.1. The zero-order chi connectivity index (χ0) is 39.0. The number of hydrogen-bond donors (Lipinski definition) is 2. The van der Waals surface area contributed by atoms with E-state index in [-0.39, 0.29) is 48.5 Å². The monoisotopic (exact) mass is 745 g/mol. The maximum Gasteiger partial charge on any atom is 0.329 e. The molecule has 10 atom stereocenters. The van der Waals surface area contributed by atoms with Gasteiger partial charge in [0.25, 0.3) is 11.7 Å². The van der Waals surface area contributed by atoms with Crippen LogP contribution in [0.25, 0.3) is 0 Å². The number of carbonyl (C=O) groups is 4. The van der Waals surface area contributed by atoms with E-state index in [0.717, 1.165) is 24.0 Å². The zero-order valence-electron chi connectivity index (χ0n) is 33.5. The normalized spacial score (nSPS) is 40.4. The number of nitrogens with zero attached hydrogens (tertiary/aromatic N) is 1. The van der Waals surface area contributed by atoms with Gasteiger partial charge in [-0.1, -0.05) is 45.4 Å². The van der Waals surface area contributed by atoms with E-state index in [1.807, 2.05) is 27.7 Å². The summed E-state index contributed by atoms with van der Waals surface area (Å²) in [6.45, 7) is 11.9. The minimum absolute atomic E-state index is 0.101. The first kappa shape index (κ1) is 43.3. The Morgan fingerprint density at radius 2 is 1.64 bits per heavy atom. The first-order valence-electron chi connectivity index (χ1n) is 20.2. The third kappa shape index (κ3) is 10.7. The Kier molecular flexibility index (Phi) is 15.9. The molecule has 4 rings (SSSR count). The maximum atomic E-state index is 14.2. The number of allylic oxidation sites excluding steroid dienone is 3. The molecule has 2 bridgehead atoms. The van der Waals surface area contributed by atoms with E-state index in [1.165, 1.54) is 4.90 Å². The Morgan fingerprint density at radius 1 is 0.981 bits per heavy atom. The van der Waals surface area contributed by atoms with Crippen molar-refractivity contribution in [2.24, 2.45) is 29.6 Å². The predicted molar refractivity (Wildman–Crippen MR) is 200 cm³/mol. The molecule has 11 nitrogen and oxygen atoms in total. The highest BCUT2D eigenvalue weighted by Crippen LogP contribution is 2.39. The number of Topliss-reactive ketones (excluding diaryl/α,β-unsaturated/α-hetero) is 2. The Morgan fingerprint density at radius 3 is 2.28 bits per heavy atom. The lowest BCUT2D eigenvalue weighted by Gasteiger charge is -2.47. The lowest BCUT2D eigenvalue weighted by atomic mass is 9.82. The smallest absolute Gasteiger partial charge is 0.329 e. The highest BCUT2D eigenvalue weighted by molar-refractivity contribution is 6.39. The molecule has 300 valence electrons. The van der Waals surface area contributed by atoms with Crippen LogP contribution in [-0.2, 0) is 38.1 Å². The average Bonchev–Trinajstić information content (AvgIpc) is 3.14. The second-order valence-electron chi connectivity index (χ2n) is 16.7. The summed E-state index contributed by atoms with van der Waals surface area (Å²) in [7, 11) is 3.11. The van der Waals surface area contributed by atoms with Crippen LogP contribution in [0.15, 0.2) is 23.3 Å². The molecule has 3 heterocycles. The number of rotatable bonds is 5. The van der Waals surface area contributed by atoms with Crippen LogP contribution in [0.5, 0.6) is 0 Å². The lowest BCUT2D eigenvalue weighted by Crippen LogP contribution is -2.64. The van der Waals surface area contributed by atoms with Gasteiger partial charge in [-0.15, -0.1) is 0 Å². The molecule has 53 heavy (non-hydrogen) atoms. The van der Waals surface area contributed by atoms with E-state index >= 15 is 0 Å². The van der Waals surface area contributed by atoms with Crippen LogP contribution in [0.3, 0.4) is 0 Å². The van der Waals surface area contributed by atoms with E-state index in [4.69, 9.17) is 18.9 Å². The summed E-state index contributed by atoms with van der Waals surface area (Å²) < 4.78 is 24.3. The number of ketones is 2. The SMILES string of the molecule is CC[C@@H]1/C=C(\C)C[C@H](C)C[C@H](OC)[C@H]2O[C@@](O)(C(=O)C(=O)N3CCCC[C@H]3C(=O)O[C@H](/C(C)=C/[C@H]3CC[C@H](O)CC3)[C@H](C)CCC1=O)[C@H](C)C[C@@H]2OC. The van der Waals surface area contributed by atoms with Crippen molar-refractivity contribution >= 4 is 23.4 Å². The third-order valence-electron chi connectivity index (χ3n) is 12.4. The Balaban J connectivity index is 1.73. The molecule has 4 aliphatic rings. The molecular formula is C42H67NO10. The molecule has 1 saturated carbocycles. The van der Waals surface area contributed by atoms with Crippen molar-refractivity contribution in [2.75, 3.05) is 20.8 Å². The summed E-state index contributed by atoms with van der Waals surface area (Å²) in [5.41, 5.74) is 1.97. The lowest BCUT2D eigenvalue weighted by molar-refractivity contribution is -0.302. The van der Waals surface area contributed by atoms with E-state index < -0.39 is 59.8 Å².